The molecule has 4 heteroatoms. The van der Waals surface area contributed by atoms with Crippen molar-refractivity contribution in [3.05, 3.63) is 57.6 Å². The lowest BCUT2D eigenvalue weighted by atomic mass is 9.90. The van der Waals surface area contributed by atoms with Gasteiger partial charge in [-0.25, -0.2) is 0 Å². The van der Waals surface area contributed by atoms with Crippen LogP contribution in [-0.4, -0.2) is 13.0 Å². The van der Waals surface area contributed by atoms with Crippen LogP contribution >= 0.6 is 15.9 Å². The Labute approximate surface area is 138 Å². The average molecular weight is 360 g/mol. The highest BCUT2D eigenvalue weighted by atomic mass is 79.9. The molecular weight excluding hydrogens is 342 g/mol. The number of hydrogen-bond donors (Lipinski definition) is 1. The zero-order chi connectivity index (χ0) is 15.5. The van der Waals surface area contributed by atoms with Crippen LogP contribution in [-0.2, 0) is 12.8 Å². The van der Waals surface area contributed by atoms with Crippen molar-refractivity contribution in [3.8, 4) is 5.75 Å². The van der Waals surface area contributed by atoms with E-state index in [9.17, 15) is 4.79 Å². The van der Waals surface area contributed by atoms with E-state index in [1.807, 2.05) is 30.3 Å². The normalized spacial score (nSPS) is 13.4. The second-order valence-corrected chi connectivity index (χ2v) is 6.41. The first-order valence-electron chi connectivity index (χ1n) is 7.44. The van der Waals surface area contributed by atoms with Crippen molar-refractivity contribution in [2.45, 2.75) is 25.7 Å². The van der Waals surface area contributed by atoms with Crippen LogP contribution in [0.25, 0.3) is 0 Å². The number of fused-ring (bicyclic) bond motifs is 1. The lowest BCUT2D eigenvalue weighted by Crippen LogP contribution is -2.14. The van der Waals surface area contributed by atoms with E-state index in [0.29, 0.717) is 17.0 Å². The van der Waals surface area contributed by atoms with E-state index in [0.717, 1.165) is 17.3 Å². The van der Waals surface area contributed by atoms with Crippen molar-refractivity contribution < 1.29 is 9.53 Å². The highest BCUT2D eigenvalue weighted by molar-refractivity contribution is 9.10. The number of methoxy groups -OCH3 is 1. The molecule has 0 aromatic heterocycles. The Balaban J connectivity index is 1.84. The van der Waals surface area contributed by atoms with Crippen molar-refractivity contribution >= 4 is 27.5 Å². The number of halogens is 1. The number of carbonyl (C=O) groups is 1. The Bertz CT molecular complexity index is 712. The molecule has 0 fully saturated rings. The van der Waals surface area contributed by atoms with Gasteiger partial charge in [-0.2, -0.15) is 0 Å². The molecule has 0 saturated heterocycles. The van der Waals surface area contributed by atoms with Gasteiger partial charge in [0, 0.05) is 10.0 Å². The van der Waals surface area contributed by atoms with Crippen LogP contribution in [0.1, 0.15) is 34.3 Å². The molecule has 1 aliphatic carbocycles. The molecule has 1 N–H and O–H groups in total. The Morgan fingerprint density at radius 2 is 1.86 bits per heavy atom. The van der Waals surface area contributed by atoms with E-state index < -0.39 is 0 Å². The third-order valence-electron chi connectivity index (χ3n) is 4.02. The van der Waals surface area contributed by atoms with Crippen LogP contribution in [0.4, 0.5) is 5.69 Å². The predicted molar refractivity (Wildman–Crippen MR) is 91.7 cm³/mol. The van der Waals surface area contributed by atoms with Gasteiger partial charge in [0.15, 0.2) is 0 Å². The molecule has 3 rings (SSSR count). The third-order valence-corrected chi connectivity index (χ3v) is 4.51. The number of carbonyl (C=O) groups excluding carboxylic acids is 1. The molecule has 2 aromatic carbocycles. The van der Waals surface area contributed by atoms with Gasteiger partial charge in [0.1, 0.15) is 5.75 Å². The Morgan fingerprint density at radius 3 is 2.64 bits per heavy atom. The van der Waals surface area contributed by atoms with Gasteiger partial charge in [0.2, 0.25) is 0 Å². The van der Waals surface area contributed by atoms with E-state index in [2.05, 4.69) is 27.3 Å². The number of nitrogens with one attached hydrogen (secondary N) is 1. The maximum absolute atomic E-state index is 12.5. The second kappa shape index (κ2) is 6.53. The molecule has 114 valence electrons. The van der Waals surface area contributed by atoms with E-state index in [1.54, 1.807) is 7.11 Å². The molecular formula is C18H18BrNO2. The molecule has 1 amide bonds. The fraction of sp³-hybridized carbons (Fsp3) is 0.278. The molecule has 0 saturated carbocycles. The van der Waals surface area contributed by atoms with Crippen LogP contribution in [0, 0.1) is 0 Å². The first-order valence-corrected chi connectivity index (χ1v) is 8.23. The van der Waals surface area contributed by atoms with Crippen molar-refractivity contribution in [1.82, 2.24) is 0 Å². The summed E-state index contributed by atoms with van der Waals surface area (Å²) in [6.45, 7) is 0. The van der Waals surface area contributed by atoms with E-state index in [1.165, 1.54) is 24.0 Å². The summed E-state index contributed by atoms with van der Waals surface area (Å²) in [5.74, 6) is 0.541. The van der Waals surface area contributed by atoms with Gasteiger partial charge in [-0.3, -0.25) is 4.79 Å². The van der Waals surface area contributed by atoms with Crippen LogP contribution in [0.3, 0.4) is 0 Å². The zero-order valence-corrected chi connectivity index (χ0v) is 14.1. The topological polar surface area (TPSA) is 38.3 Å². The largest absolute Gasteiger partial charge is 0.495 e. The SMILES string of the molecule is COc1ccc(Br)cc1NC(=O)c1ccc2c(c1)CCCC2. The first kappa shape index (κ1) is 15.1. The van der Waals surface area contributed by atoms with Gasteiger partial charge in [0.25, 0.3) is 5.91 Å². The minimum atomic E-state index is -0.107. The molecule has 22 heavy (non-hydrogen) atoms. The van der Waals surface area contributed by atoms with Gasteiger partial charge in [-0.15, -0.1) is 0 Å². The number of amides is 1. The Kier molecular flexibility index (Phi) is 4.48. The van der Waals surface area contributed by atoms with Gasteiger partial charge in [0.05, 0.1) is 12.8 Å². The minimum Gasteiger partial charge on any atom is -0.495 e. The first-order chi connectivity index (χ1) is 10.7. The van der Waals surface area contributed by atoms with Crippen molar-refractivity contribution in [1.29, 1.82) is 0 Å². The molecule has 0 radical (unpaired) electrons. The number of anilines is 1. The monoisotopic (exact) mass is 359 g/mol. The zero-order valence-electron chi connectivity index (χ0n) is 12.5. The van der Waals surface area contributed by atoms with Crippen LogP contribution < -0.4 is 10.1 Å². The number of benzene rings is 2. The quantitative estimate of drug-likeness (QED) is 0.870. The van der Waals surface area contributed by atoms with Crippen LogP contribution in [0.15, 0.2) is 40.9 Å². The maximum atomic E-state index is 12.5. The highest BCUT2D eigenvalue weighted by Gasteiger charge is 2.14. The van der Waals surface area contributed by atoms with Gasteiger partial charge >= 0.3 is 0 Å². The summed E-state index contributed by atoms with van der Waals surface area (Å²) in [7, 11) is 1.60. The van der Waals surface area contributed by atoms with Crippen molar-refractivity contribution in [3.63, 3.8) is 0 Å². The van der Waals surface area contributed by atoms with Crippen LogP contribution in [0.2, 0.25) is 0 Å². The summed E-state index contributed by atoms with van der Waals surface area (Å²) in [6, 6.07) is 11.6. The van der Waals surface area contributed by atoms with E-state index in [4.69, 9.17) is 4.74 Å². The fourth-order valence-corrected chi connectivity index (χ4v) is 3.21. The lowest BCUT2D eigenvalue weighted by molar-refractivity contribution is 0.102. The highest BCUT2D eigenvalue weighted by Crippen LogP contribution is 2.29. The fourth-order valence-electron chi connectivity index (χ4n) is 2.85. The molecule has 0 heterocycles. The lowest BCUT2D eigenvalue weighted by Gasteiger charge is -2.17. The Morgan fingerprint density at radius 1 is 1.09 bits per heavy atom. The third kappa shape index (κ3) is 3.17. The van der Waals surface area contributed by atoms with Gasteiger partial charge < -0.3 is 10.1 Å². The summed E-state index contributed by atoms with van der Waals surface area (Å²) < 4.78 is 6.19. The molecule has 3 nitrogen and oxygen atoms in total. The molecule has 1 aliphatic rings. The van der Waals surface area contributed by atoms with E-state index in [-0.39, 0.29) is 5.91 Å². The summed E-state index contributed by atoms with van der Waals surface area (Å²) in [6.07, 6.45) is 4.64. The molecule has 0 unspecified atom stereocenters. The minimum absolute atomic E-state index is 0.107. The number of aryl methyl sites for hydroxylation is 2. The number of hydrogen-bond acceptors (Lipinski definition) is 2. The van der Waals surface area contributed by atoms with E-state index >= 15 is 0 Å². The van der Waals surface area contributed by atoms with Crippen molar-refractivity contribution in [2.75, 3.05) is 12.4 Å². The number of rotatable bonds is 3. The summed E-state index contributed by atoms with van der Waals surface area (Å²) in [4.78, 5) is 12.5. The predicted octanol–water partition coefficient (Wildman–Crippen LogP) is 4.59. The van der Waals surface area contributed by atoms with Crippen LogP contribution in [0.5, 0.6) is 5.75 Å². The molecule has 2 aromatic rings. The molecule has 0 aliphatic heterocycles. The number of ether oxygens (including phenoxy) is 1. The summed E-state index contributed by atoms with van der Waals surface area (Å²) in [5, 5.41) is 2.93. The summed E-state index contributed by atoms with van der Waals surface area (Å²) in [5.41, 5.74) is 4.05. The van der Waals surface area contributed by atoms with Gasteiger partial charge in [-0.1, -0.05) is 22.0 Å². The second-order valence-electron chi connectivity index (χ2n) is 5.49. The molecule has 0 atom stereocenters. The molecule has 0 spiro atoms. The van der Waals surface area contributed by atoms with Gasteiger partial charge in [-0.05, 0) is 67.1 Å². The molecule has 0 bridgehead atoms. The van der Waals surface area contributed by atoms with Crippen molar-refractivity contribution in [2.24, 2.45) is 0 Å². The smallest absolute Gasteiger partial charge is 0.255 e. The maximum Gasteiger partial charge on any atom is 0.255 e. The summed E-state index contributed by atoms with van der Waals surface area (Å²) >= 11 is 3.41. The standard InChI is InChI=1S/C18H18BrNO2/c1-22-17-9-8-15(19)11-16(17)20-18(21)14-7-6-12-4-2-3-5-13(12)10-14/h6-11H,2-5H2,1H3,(H,20,21). The Hall–Kier alpha value is -1.81. The average Bonchev–Trinajstić information content (AvgIpc) is 2.54.